The van der Waals surface area contributed by atoms with Gasteiger partial charge in [0.05, 0.1) is 4.34 Å². The van der Waals surface area contributed by atoms with Crippen molar-refractivity contribution in [1.82, 2.24) is 0 Å². The van der Waals surface area contributed by atoms with Crippen LogP contribution in [0.5, 0.6) is 0 Å². The smallest absolute Gasteiger partial charge is 0.109 e. The highest BCUT2D eigenvalue weighted by Crippen LogP contribution is 2.44. The molecule has 0 spiro atoms. The topological polar surface area (TPSA) is 20.2 Å². The first-order valence-electron chi connectivity index (χ1n) is 4.20. The van der Waals surface area contributed by atoms with E-state index >= 15 is 0 Å². The zero-order valence-corrected chi connectivity index (χ0v) is 9.68. The number of hydrogen-bond acceptors (Lipinski definition) is 3. The molecule has 0 saturated carbocycles. The van der Waals surface area contributed by atoms with Gasteiger partial charge in [-0.15, -0.1) is 11.3 Å². The van der Waals surface area contributed by atoms with Crippen LogP contribution in [0.4, 0.5) is 0 Å². The van der Waals surface area contributed by atoms with Crippen LogP contribution in [0.25, 0.3) is 0 Å². The first kappa shape index (κ1) is 9.84. The van der Waals surface area contributed by atoms with Gasteiger partial charge >= 0.3 is 0 Å². The molecule has 1 aliphatic rings. The second-order valence-electron chi connectivity index (χ2n) is 3.46. The predicted octanol–water partition coefficient (Wildman–Crippen LogP) is 3.11. The zero-order chi connectivity index (χ0) is 9.47. The van der Waals surface area contributed by atoms with E-state index in [1.807, 2.05) is 23.9 Å². The van der Waals surface area contributed by atoms with Crippen molar-refractivity contribution >= 4 is 34.7 Å². The molecule has 2 unspecified atom stereocenters. The summed E-state index contributed by atoms with van der Waals surface area (Å²) < 4.78 is 0.757. The van der Waals surface area contributed by atoms with Gasteiger partial charge in [-0.25, -0.2) is 0 Å². The van der Waals surface area contributed by atoms with Crippen molar-refractivity contribution in [3.8, 4) is 0 Å². The first-order chi connectivity index (χ1) is 6.10. The van der Waals surface area contributed by atoms with Gasteiger partial charge in [-0.05, 0) is 18.6 Å². The fourth-order valence-electron chi connectivity index (χ4n) is 1.61. The Morgan fingerprint density at radius 1 is 1.62 bits per heavy atom. The lowest BCUT2D eigenvalue weighted by Crippen LogP contribution is -2.23. The average molecular weight is 235 g/mol. The van der Waals surface area contributed by atoms with E-state index in [9.17, 15) is 5.11 Å². The maximum absolute atomic E-state index is 10.3. The monoisotopic (exact) mass is 234 g/mol. The molecule has 1 saturated heterocycles. The molecule has 0 aliphatic carbocycles. The van der Waals surface area contributed by atoms with Crippen LogP contribution >= 0.6 is 34.7 Å². The number of rotatable bonds is 1. The third-order valence-electron chi connectivity index (χ3n) is 2.26. The summed E-state index contributed by atoms with van der Waals surface area (Å²) in [4.78, 5) is 1.01. The van der Waals surface area contributed by atoms with Crippen LogP contribution in [0, 0.1) is 0 Å². The van der Waals surface area contributed by atoms with Crippen LogP contribution in [-0.2, 0) is 5.60 Å². The van der Waals surface area contributed by atoms with E-state index in [1.54, 1.807) is 0 Å². The van der Waals surface area contributed by atoms with Crippen LogP contribution in [0.3, 0.4) is 0 Å². The lowest BCUT2D eigenvalue weighted by Gasteiger charge is -2.19. The molecule has 4 heteroatoms. The fraction of sp³-hybridized carbons (Fsp3) is 0.556. The van der Waals surface area contributed by atoms with Gasteiger partial charge in [-0.2, -0.15) is 11.8 Å². The molecule has 1 N–H and O–H groups in total. The summed E-state index contributed by atoms with van der Waals surface area (Å²) in [6.07, 6.45) is 0.842. The van der Waals surface area contributed by atoms with Crippen molar-refractivity contribution in [3.63, 3.8) is 0 Å². The normalized spacial score (nSPS) is 33.9. The number of hydrogen-bond donors (Lipinski definition) is 1. The summed E-state index contributed by atoms with van der Waals surface area (Å²) >= 11 is 9.15. The molecule has 0 radical (unpaired) electrons. The van der Waals surface area contributed by atoms with Gasteiger partial charge in [0.15, 0.2) is 0 Å². The Kier molecular flexibility index (Phi) is 2.62. The molecule has 1 nitrogen and oxygen atoms in total. The van der Waals surface area contributed by atoms with Crippen molar-refractivity contribution in [1.29, 1.82) is 0 Å². The lowest BCUT2D eigenvalue weighted by atomic mass is 9.99. The largest absolute Gasteiger partial charge is 0.383 e. The number of thioether (sulfide) groups is 1. The van der Waals surface area contributed by atoms with E-state index in [-0.39, 0.29) is 0 Å². The summed E-state index contributed by atoms with van der Waals surface area (Å²) in [5.41, 5.74) is -0.623. The van der Waals surface area contributed by atoms with Crippen LogP contribution < -0.4 is 0 Å². The molecule has 1 fully saturated rings. The van der Waals surface area contributed by atoms with E-state index in [2.05, 4.69) is 6.92 Å². The van der Waals surface area contributed by atoms with Crippen molar-refractivity contribution in [2.75, 3.05) is 5.75 Å². The molecule has 0 aromatic carbocycles. The Labute approximate surface area is 91.1 Å². The Balaban J connectivity index is 2.25. The van der Waals surface area contributed by atoms with E-state index in [1.165, 1.54) is 11.3 Å². The Morgan fingerprint density at radius 3 is 2.85 bits per heavy atom. The van der Waals surface area contributed by atoms with Gasteiger partial charge in [0.1, 0.15) is 5.60 Å². The van der Waals surface area contributed by atoms with Crippen molar-refractivity contribution < 1.29 is 5.11 Å². The molecule has 1 aliphatic heterocycles. The summed E-state index contributed by atoms with van der Waals surface area (Å²) in [6, 6.07) is 3.79. The SMILES string of the molecule is CC1CC(O)(c2ccc(Cl)s2)CS1. The minimum absolute atomic E-state index is 0.547. The third-order valence-corrected chi connectivity index (χ3v) is 5.07. The second-order valence-corrected chi connectivity index (χ2v) is 6.60. The Bertz CT molecular complexity index is 312. The van der Waals surface area contributed by atoms with Gasteiger partial charge < -0.3 is 5.11 Å². The molecule has 1 aromatic rings. The standard InChI is InChI=1S/C9H11ClOS2/c1-6-4-9(11,5-12-6)7-2-3-8(10)13-7/h2-3,6,11H,4-5H2,1H3. The highest BCUT2D eigenvalue weighted by molar-refractivity contribution is 8.00. The van der Waals surface area contributed by atoms with Crippen LogP contribution in [0.1, 0.15) is 18.2 Å². The van der Waals surface area contributed by atoms with Gasteiger partial charge in [-0.1, -0.05) is 18.5 Å². The summed E-state index contributed by atoms with van der Waals surface area (Å²) in [5, 5.41) is 10.8. The van der Waals surface area contributed by atoms with Crippen molar-refractivity contribution in [2.45, 2.75) is 24.2 Å². The van der Waals surface area contributed by atoms with Crippen LogP contribution in [-0.4, -0.2) is 16.1 Å². The first-order valence-corrected chi connectivity index (χ1v) is 6.44. The van der Waals surface area contributed by atoms with E-state index in [0.29, 0.717) is 5.25 Å². The highest BCUT2D eigenvalue weighted by atomic mass is 35.5. The maximum atomic E-state index is 10.3. The van der Waals surface area contributed by atoms with Gasteiger partial charge in [0.25, 0.3) is 0 Å². The van der Waals surface area contributed by atoms with Crippen molar-refractivity contribution in [3.05, 3.63) is 21.3 Å². The summed E-state index contributed by atoms with van der Waals surface area (Å²) in [6.45, 7) is 2.15. The van der Waals surface area contributed by atoms with Crippen LogP contribution in [0.15, 0.2) is 12.1 Å². The second kappa shape index (κ2) is 3.46. The molecule has 72 valence electrons. The minimum Gasteiger partial charge on any atom is -0.383 e. The number of aliphatic hydroxyl groups is 1. The summed E-state index contributed by atoms with van der Waals surface area (Å²) in [5.74, 6) is 0.797. The third kappa shape index (κ3) is 1.89. The summed E-state index contributed by atoms with van der Waals surface area (Å²) in [7, 11) is 0. The van der Waals surface area contributed by atoms with E-state index < -0.39 is 5.60 Å². The van der Waals surface area contributed by atoms with Gasteiger partial charge in [0.2, 0.25) is 0 Å². The Morgan fingerprint density at radius 2 is 2.38 bits per heavy atom. The minimum atomic E-state index is -0.623. The van der Waals surface area contributed by atoms with Gasteiger partial charge in [-0.3, -0.25) is 0 Å². The fourth-order valence-corrected chi connectivity index (χ4v) is 4.07. The molecule has 2 heterocycles. The lowest BCUT2D eigenvalue weighted by molar-refractivity contribution is 0.0651. The predicted molar refractivity (Wildman–Crippen MR) is 59.8 cm³/mol. The number of halogens is 1. The molecule has 2 atom stereocenters. The molecule has 2 rings (SSSR count). The van der Waals surface area contributed by atoms with E-state index in [0.717, 1.165) is 21.4 Å². The molecule has 0 bridgehead atoms. The average Bonchev–Trinajstić information content (AvgIpc) is 2.60. The Hall–Kier alpha value is 0.300. The molecule has 1 aromatic heterocycles. The van der Waals surface area contributed by atoms with Crippen molar-refractivity contribution in [2.24, 2.45) is 0 Å². The molecule has 13 heavy (non-hydrogen) atoms. The zero-order valence-electron chi connectivity index (χ0n) is 7.29. The number of thiophene rings is 1. The molecular weight excluding hydrogens is 224 g/mol. The van der Waals surface area contributed by atoms with Crippen LogP contribution in [0.2, 0.25) is 4.34 Å². The highest BCUT2D eigenvalue weighted by Gasteiger charge is 2.38. The van der Waals surface area contributed by atoms with Gasteiger partial charge in [0, 0.05) is 15.9 Å². The molecular formula is C9H11ClOS2. The maximum Gasteiger partial charge on any atom is 0.109 e. The quantitative estimate of drug-likeness (QED) is 0.806. The molecule has 0 amide bonds. The van der Waals surface area contributed by atoms with E-state index in [4.69, 9.17) is 11.6 Å².